The number of hydrogen-bond donors (Lipinski definition) is 3. The summed E-state index contributed by atoms with van der Waals surface area (Å²) in [7, 11) is 0. The van der Waals surface area contributed by atoms with E-state index >= 15 is 0 Å². The molecule has 8 heteroatoms. The topological polar surface area (TPSA) is 108 Å². The van der Waals surface area contributed by atoms with Crippen LogP contribution in [0.3, 0.4) is 0 Å². The average molecular weight is 301 g/mol. The number of rotatable bonds is 4. The van der Waals surface area contributed by atoms with E-state index in [0.717, 1.165) is 0 Å². The number of ether oxygens (including phenoxy) is 1. The molecule has 1 aliphatic rings. The lowest BCUT2D eigenvalue weighted by Gasteiger charge is -2.30. The van der Waals surface area contributed by atoms with Crippen molar-refractivity contribution in [3.63, 3.8) is 0 Å². The van der Waals surface area contributed by atoms with Crippen molar-refractivity contribution < 1.29 is 24.2 Å². The molecule has 0 aromatic carbocycles. The predicted octanol–water partition coefficient (Wildman–Crippen LogP) is -0.214. The summed E-state index contributed by atoms with van der Waals surface area (Å²) in [4.78, 5) is 35.7. The predicted molar refractivity (Wildman–Crippen MR) is 74.9 cm³/mol. The molecule has 1 fully saturated rings. The number of nitrogens with one attached hydrogen (secondary N) is 2. The first-order chi connectivity index (χ1) is 9.69. The minimum absolute atomic E-state index is 0.00928. The second-order valence-corrected chi connectivity index (χ2v) is 5.92. The molecule has 0 bridgehead atoms. The monoisotopic (exact) mass is 301 g/mol. The summed E-state index contributed by atoms with van der Waals surface area (Å²) in [6.07, 6.45) is -0.816. The maximum atomic E-state index is 11.9. The van der Waals surface area contributed by atoms with Gasteiger partial charge in [-0.2, -0.15) is 0 Å². The molecule has 0 radical (unpaired) electrons. The Bertz CT molecular complexity index is 405. The highest BCUT2D eigenvalue weighted by atomic mass is 16.5. The normalized spacial score (nSPS) is 19.0. The van der Waals surface area contributed by atoms with Crippen molar-refractivity contribution in [2.75, 3.05) is 26.2 Å². The van der Waals surface area contributed by atoms with E-state index in [9.17, 15) is 14.4 Å². The number of carboxylic acids is 1. The number of amides is 3. The third-order valence-corrected chi connectivity index (χ3v) is 2.77. The van der Waals surface area contributed by atoms with Gasteiger partial charge in [0.15, 0.2) is 6.10 Å². The van der Waals surface area contributed by atoms with Crippen molar-refractivity contribution in [3.05, 3.63) is 0 Å². The summed E-state index contributed by atoms with van der Waals surface area (Å²) in [5, 5.41) is 14.3. The van der Waals surface area contributed by atoms with Crippen molar-refractivity contribution in [1.82, 2.24) is 15.5 Å². The maximum Gasteiger partial charge on any atom is 0.334 e. The molecule has 0 spiro atoms. The molecule has 21 heavy (non-hydrogen) atoms. The Morgan fingerprint density at radius 1 is 1.33 bits per heavy atom. The van der Waals surface area contributed by atoms with E-state index in [1.54, 1.807) is 0 Å². The Labute approximate surface area is 123 Å². The third kappa shape index (κ3) is 6.44. The van der Waals surface area contributed by atoms with Gasteiger partial charge in [-0.3, -0.25) is 4.79 Å². The Morgan fingerprint density at radius 2 is 2.00 bits per heavy atom. The van der Waals surface area contributed by atoms with E-state index in [2.05, 4.69) is 10.6 Å². The number of hydrogen-bond acceptors (Lipinski definition) is 4. The largest absolute Gasteiger partial charge is 0.479 e. The molecule has 120 valence electrons. The Morgan fingerprint density at radius 3 is 2.57 bits per heavy atom. The number of carbonyl (C=O) groups is 3. The summed E-state index contributed by atoms with van der Waals surface area (Å²) >= 11 is 0. The number of carbonyl (C=O) groups excluding carboxylic acids is 2. The van der Waals surface area contributed by atoms with Crippen molar-refractivity contribution in [1.29, 1.82) is 0 Å². The van der Waals surface area contributed by atoms with Gasteiger partial charge in [0, 0.05) is 25.0 Å². The van der Waals surface area contributed by atoms with Crippen molar-refractivity contribution >= 4 is 17.9 Å². The molecule has 1 unspecified atom stereocenters. The van der Waals surface area contributed by atoms with E-state index in [4.69, 9.17) is 9.84 Å². The van der Waals surface area contributed by atoms with Crippen LogP contribution in [0, 0.1) is 0 Å². The number of carboxylic acid groups (broad SMARTS) is 1. The van der Waals surface area contributed by atoms with Gasteiger partial charge in [0.1, 0.15) is 0 Å². The zero-order valence-electron chi connectivity index (χ0n) is 12.6. The zero-order valence-corrected chi connectivity index (χ0v) is 12.6. The third-order valence-electron chi connectivity index (χ3n) is 2.77. The van der Waals surface area contributed by atoms with Crippen LogP contribution in [-0.4, -0.2) is 65.8 Å². The van der Waals surface area contributed by atoms with Crippen LogP contribution < -0.4 is 10.6 Å². The molecule has 1 saturated heterocycles. The lowest BCUT2D eigenvalue weighted by Crippen LogP contribution is -2.52. The van der Waals surface area contributed by atoms with Crippen LogP contribution in [0.25, 0.3) is 0 Å². The van der Waals surface area contributed by atoms with Crippen LogP contribution in [0.1, 0.15) is 27.2 Å². The minimum Gasteiger partial charge on any atom is -0.479 e. The molecule has 3 amide bonds. The molecule has 1 atom stereocenters. The average Bonchev–Trinajstić information content (AvgIpc) is 2.36. The summed E-state index contributed by atoms with van der Waals surface area (Å²) in [6, 6.07) is -0.381. The van der Waals surface area contributed by atoms with Crippen molar-refractivity contribution in [2.45, 2.75) is 38.8 Å². The van der Waals surface area contributed by atoms with E-state index in [1.807, 2.05) is 20.8 Å². The lowest BCUT2D eigenvalue weighted by atomic mass is 10.1. The minimum atomic E-state index is -1.09. The molecule has 0 aromatic rings. The molecule has 0 aliphatic carbocycles. The van der Waals surface area contributed by atoms with E-state index in [0.29, 0.717) is 6.54 Å². The lowest BCUT2D eigenvalue weighted by molar-refractivity contribution is -0.154. The van der Waals surface area contributed by atoms with Crippen LogP contribution in [0.5, 0.6) is 0 Å². The molecule has 0 saturated carbocycles. The van der Waals surface area contributed by atoms with Gasteiger partial charge >= 0.3 is 12.0 Å². The number of nitrogens with zero attached hydrogens (tertiary/aromatic N) is 1. The molecule has 8 nitrogen and oxygen atoms in total. The van der Waals surface area contributed by atoms with Gasteiger partial charge in [0.2, 0.25) is 5.91 Å². The summed E-state index contributed by atoms with van der Waals surface area (Å²) in [5.74, 6) is -1.23. The first kappa shape index (κ1) is 17.2. The first-order valence-electron chi connectivity index (χ1n) is 6.87. The van der Waals surface area contributed by atoms with E-state index in [1.165, 1.54) is 4.90 Å². The molecule has 1 heterocycles. The summed E-state index contributed by atoms with van der Waals surface area (Å²) in [6.45, 7) is 6.37. The molecule has 1 rings (SSSR count). The van der Waals surface area contributed by atoms with Gasteiger partial charge in [0.05, 0.1) is 13.2 Å². The smallest absolute Gasteiger partial charge is 0.334 e. The fraction of sp³-hybridized carbons (Fsp3) is 0.769. The number of aliphatic carboxylic acids is 1. The van der Waals surface area contributed by atoms with Crippen LogP contribution in [-0.2, 0) is 14.3 Å². The summed E-state index contributed by atoms with van der Waals surface area (Å²) in [5.41, 5.74) is -0.306. The second-order valence-electron chi connectivity index (χ2n) is 5.92. The van der Waals surface area contributed by atoms with Crippen LogP contribution in [0.2, 0.25) is 0 Å². The molecular weight excluding hydrogens is 278 g/mol. The van der Waals surface area contributed by atoms with E-state index < -0.39 is 12.1 Å². The molecule has 0 aromatic heterocycles. The molecule has 1 aliphatic heterocycles. The van der Waals surface area contributed by atoms with Crippen molar-refractivity contribution in [2.24, 2.45) is 0 Å². The standard InChI is InChI=1S/C13H23N3O5/c1-13(2,3)15-10(17)4-5-14-12(20)16-6-7-21-9(8-16)11(18)19/h9H,4-8H2,1-3H3,(H,14,20)(H,15,17)(H,18,19). The highest BCUT2D eigenvalue weighted by Crippen LogP contribution is 2.05. The summed E-state index contributed by atoms with van der Waals surface area (Å²) < 4.78 is 5.03. The quantitative estimate of drug-likeness (QED) is 0.665. The second kappa shape index (κ2) is 7.26. The first-order valence-corrected chi connectivity index (χ1v) is 6.87. The number of morpholine rings is 1. The van der Waals surface area contributed by atoms with Crippen LogP contribution >= 0.6 is 0 Å². The van der Waals surface area contributed by atoms with Gasteiger partial charge in [-0.1, -0.05) is 0 Å². The Balaban J connectivity index is 2.30. The Hall–Kier alpha value is -1.83. The van der Waals surface area contributed by atoms with Gasteiger partial charge < -0.3 is 25.4 Å². The van der Waals surface area contributed by atoms with Gasteiger partial charge in [-0.25, -0.2) is 9.59 Å². The number of urea groups is 1. The van der Waals surface area contributed by atoms with Crippen LogP contribution in [0.4, 0.5) is 4.79 Å². The molecular formula is C13H23N3O5. The SMILES string of the molecule is CC(C)(C)NC(=O)CCNC(=O)N1CCOC(C(=O)O)C1. The molecule has 3 N–H and O–H groups in total. The fourth-order valence-electron chi connectivity index (χ4n) is 1.86. The van der Waals surface area contributed by atoms with Crippen LogP contribution in [0.15, 0.2) is 0 Å². The van der Waals surface area contributed by atoms with Crippen molar-refractivity contribution in [3.8, 4) is 0 Å². The zero-order chi connectivity index (χ0) is 16.0. The van der Waals surface area contributed by atoms with Gasteiger partial charge in [0.25, 0.3) is 0 Å². The van der Waals surface area contributed by atoms with E-state index in [-0.39, 0.29) is 43.6 Å². The highest BCUT2D eigenvalue weighted by Gasteiger charge is 2.28. The fourth-order valence-corrected chi connectivity index (χ4v) is 1.86. The maximum absolute atomic E-state index is 11.9. The Kier molecular flexibility index (Phi) is 5.95. The van der Waals surface area contributed by atoms with Gasteiger partial charge in [-0.15, -0.1) is 0 Å². The van der Waals surface area contributed by atoms with Gasteiger partial charge in [-0.05, 0) is 20.8 Å². The highest BCUT2D eigenvalue weighted by molar-refractivity contribution is 5.79.